The van der Waals surface area contributed by atoms with E-state index in [1.807, 2.05) is 0 Å². The molecule has 2 amide bonds. The summed E-state index contributed by atoms with van der Waals surface area (Å²) in [5, 5.41) is 14.9. The summed E-state index contributed by atoms with van der Waals surface area (Å²) in [5.41, 5.74) is 0.115. The van der Waals surface area contributed by atoms with Crippen LogP contribution >= 0.6 is 0 Å². The van der Waals surface area contributed by atoms with E-state index in [9.17, 15) is 14.7 Å². The maximum atomic E-state index is 12.3. The van der Waals surface area contributed by atoms with Crippen molar-refractivity contribution in [2.75, 3.05) is 6.61 Å². The highest BCUT2D eigenvalue weighted by Crippen LogP contribution is 2.17. The Labute approximate surface area is 135 Å². The average molecular weight is 320 g/mol. The number of hydrogen-bond acceptors (Lipinski definition) is 5. The molecule has 1 aromatic heterocycles. The molecular weight excluding hydrogens is 296 g/mol. The second kappa shape index (κ2) is 9.19. The van der Waals surface area contributed by atoms with Crippen molar-refractivity contribution >= 4 is 11.8 Å². The van der Waals surface area contributed by atoms with Crippen LogP contribution in [-0.2, 0) is 4.79 Å². The van der Waals surface area contributed by atoms with E-state index >= 15 is 0 Å². The number of aliphatic hydroxyl groups excluding tert-OH is 1. The summed E-state index contributed by atoms with van der Waals surface area (Å²) >= 11 is 0. The van der Waals surface area contributed by atoms with E-state index in [1.165, 1.54) is 37.9 Å². The summed E-state index contributed by atoms with van der Waals surface area (Å²) in [6, 6.07) is -0.861. The van der Waals surface area contributed by atoms with Gasteiger partial charge in [0.05, 0.1) is 12.8 Å². The van der Waals surface area contributed by atoms with Crippen LogP contribution in [-0.4, -0.2) is 45.6 Å². The molecule has 1 aliphatic rings. The monoisotopic (exact) mass is 320 g/mol. The van der Waals surface area contributed by atoms with Gasteiger partial charge in [0.25, 0.3) is 5.91 Å². The molecule has 7 nitrogen and oxygen atoms in total. The highest BCUT2D eigenvalue weighted by molar-refractivity contribution is 5.95. The lowest BCUT2D eigenvalue weighted by Crippen LogP contribution is -2.51. The molecule has 23 heavy (non-hydrogen) atoms. The van der Waals surface area contributed by atoms with Crippen molar-refractivity contribution in [3.05, 3.63) is 24.3 Å². The summed E-state index contributed by atoms with van der Waals surface area (Å²) in [6.07, 6.45) is 11.9. The van der Waals surface area contributed by atoms with E-state index in [1.54, 1.807) is 0 Å². The van der Waals surface area contributed by atoms with Crippen molar-refractivity contribution < 1.29 is 14.7 Å². The lowest BCUT2D eigenvalue weighted by Gasteiger charge is -2.24. The third-order valence-corrected chi connectivity index (χ3v) is 4.05. The Bertz CT molecular complexity index is 501. The zero-order chi connectivity index (χ0) is 16.5. The molecule has 0 spiro atoms. The Balaban J connectivity index is 1.88. The maximum Gasteiger partial charge on any atom is 0.272 e. The predicted octanol–water partition coefficient (Wildman–Crippen LogP) is 0.796. The summed E-state index contributed by atoms with van der Waals surface area (Å²) < 4.78 is 0. The van der Waals surface area contributed by atoms with E-state index in [2.05, 4.69) is 20.6 Å². The minimum Gasteiger partial charge on any atom is -0.394 e. The number of nitrogens with one attached hydrogen (secondary N) is 2. The van der Waals surface area contributed by atoms with E-state index in [-0.39, 0.29) is 17.6 Å². The fourth-order valence-corrected chi connectivity index (χ4v) is 2.74. The Kier molecular flexibility index (Phi) is 6.93. The molecule has 0 saturated heterocycles. The fraction of sp³-hybridized carbons (Fsp3) is 0.625. The van der Waals surface area contributed by atoms with Gasteiger partial charge in [-0.1, -0.05) is 32.1 Å². The molecule has 0 aromatic carbocycles. The van der Waals surface area contributed by atoms with Crippen LogP contribution in [0.15, 0.2) is 18.6 Å². The zero-order valence-electron chi connectivity index (χ0n) is 13.2. The van der Waals surface area contributed by atoms with Gasteiger partial charge in [-0.2, -0.15) is 0 Å². The molecule has 1 atom stereocenters. The lowest BCUT2D eigenvalue weighted by molar-refractivity contribution is -0.124. The van der Waals surface area contributed by atoms with Crippen LogP contribution in [0, 0.1) is 0 Å². The molecule has 0 radical (unpaired) electrons. The number of rotatable bonds is 5. The Hall–Kier alpha value is -2.02. The maximum absolute atomic E-state index is 12.3. The van der Waals surface area contributed by atoms with Crippen molar-refractivity contribution in [2.45, 2.75) is 57.0 Å². The number of carbonyl (C=O) groups is 2. The quantitative estimate of drug-likeness (QED) is 0.744. The van der Waals surface area contributed by atoms with Crippen molar-refractivity contribution in [2.24, 2.45) is 0 Å². The number of aliphatic hydroxyl groups is 1. The standard InChI is InChI=1S/C16H24N4O3/c21-11-14(20-15(22)13-10-17-8-9-18-13)16(23)19-12-6-4-2-1-3-5-7-12/h8-10,12,14,21H,1-7,11H2,(H,19,23)(H,20,22). The van der Waals surface area contributed by atoms with Crippen molar-refractivity contribution in [1.29, 1.82) is 0 Å². The second-order valence-corrected chi connectivity index (χ2v) is 5.85. The van der Waals surface area contributed by atoms with Crippen LogP contribution in [0.4, 0.5) is 0 Å². The Morgan fingerprint density at radius 1 is 1.17 bits per heavy atom. The van der Waals surface area contributed by atoms with Crippen molar-refractivity contribution in [3.8, 4) is 0 Å². The van der Waals surface area contributed by atoms with Gasteiger partial charge < -0.3 is 15.7 Å². The van der Waals surface area contributed by atoms with Gasteiger partial charge in [0.2, 0.25) is 5.91 Å². The number of amides is 2. The minimum absolute atomic E-state index is 0.115. The third-order valence-electron chi connectivity index (χ3n) is 4.05. The average Bonchev–Trinajstić information content (AvgIpc) is 2.55. The SMILES string of the molecule is O=C(NC(CO)C(=O)NC1CCCCCCC1)c1cnccn1. The number of carbonyl (C=O) groups excluding carboxylic acids is 2. The molecule has 1 fully saturated rings. The van der Waals surface area contributed by atoms with Crippen LogP contribution in [0.5, 0.6) is 0 Å². The van der Waals surface area contributed by atoms with Crippen LogP contribution in [0.1, 0.15) is 55.4 Å². The summed E-state index contributed by atoms with van der Waals surface area (Å²) in [4.78, 5) is 32.0. The highest BCUT2D eigenvalue weighted by atomic mass is 16.3. The highest BCUT2D eigenvalue weighted by Gasteiger charge is 2.23. The van der Waals surface area contributed by atoms with Crippen LogP contribution in [0.3, 0.4) is 0 Å². The molecule has 0 bridgehead atoms. The first-order valence-corrected chi connectivity index (χ1v) is 8.19. The van der Waals surface area contributed by atoms with Crippen LogP contribution in [0.25, 0.3) is 0 Å². The first kappa shape index (κ1) is 17.3. The van der Waals surface area contributed by atoms with Gasteiger partial charge in [-0.15, -0.1) is 0 Å². The zero-order valence-corrected chi connectivity index (χ0v) is 13.2. The molecule has 1 heterocycles. The van der Waals surface area contributed by atoms with Gasteiger partial charge in [0, 0.05) is 18.4 Å². The molecule has 1 aliphatic carbocycles. The van der Waals surface area contributed by atoms with E-state index in [0.717, 1.165) is 25.7 Å². The first-order chi connectivity index (χ1) is 11.2. The largest absolute Gasteiger partial charge is 0.394 e. The van der Waals surface area contributed by atoms with Gasteiger partial charge in [0.15, 0.2) is 0 Å². The van der Waals surface area contributed by atoms with E-state index in [4.69, 9.17) is 0 Å². The minimum atomic E-state index is -0.977. The van der Waals surface area contributed by atoms with E-state index < -0.39 is 18.6 Å². The molecule has 3 N–H and O–H groups in total. The lowest BCUT2D eigenvalue weighted by atomic mass is 9.96. The summed E-state index contributed by atoms with van der Waals surface area (Å²) in [6.45, 7) is -0.454. The topological polar surface area (TPSA) is 104 Å². The van der Waals surface area contributed by atoms with Gasteiger partial charge in [-0.3, -0.25) is 14.6 Å². The van der Waals surface area contributed by atoms with Gasteiger partial charge in [-0.05, 0) is 12.8 Å². The Morgan fingerprint density at radius 3 is 2.48 bits per heavy atom. The molecule has 2 rings (SSSR count). The Morgan fingerprint density at radius 2 is 1.87 bits per heavy atom. The van der Waals surface area contributed by atoms with Gasteiger partial charge in [-0.25, -0.2) is 4.98 Å². The number of nitrogens with zero attached hydrogens (tertiary/aromatic N) is 2. The van der Waals surface area contributed by atoms with Gasteiger partial charge in [0.1, 0.15) is 11.7 Å². The normalized spacial score (nSPS) is 17.6. The van der Waals surface area contributed by atoms with Crippen LogP contribution in [0.2, 0.25) is 0 Å². The summed E-state index contributed by atoms with van der Waals surface area (Å²) in [5.74, 6) is -0.875. The molecule has 7 heteroatoms. The number of aromatic nitrogens is 2. The first-order valence-electron chi connectivity index (χ1n) is 8.19. The van der Waals surface area contributed by atoms with Crippen LogP contribution < -0.4 is 10.6 Å². The van der Waals surface area contributed by atoms with Gasteiger partial charge >= 0.3 is 0 Å². The molecule has 1 saturated carbocycles. The predicted molar refractivity (Wildman–Crippen MR) is 84.6 cm³/mol. The van der Waals surface area contributed by atoms with Crippen molar-refractivity contribution in [1.82, 2.24) is 20.6 Å². The second-order valence-electron chi connectivity index (χ2n) is 5.85. The third kappa shape index (κ3) is 5.59. The van der Waals surface area contributed by atoms with Crippen molar-refractivity contribution in [3.63, 3.8) is 0 Å². The van der Waals surface area contributed by atoms with E-state index in [0.29, 0.717) is 0 Å². The smallest absolute Gasteiger partial charge is 0.272 e. The molecule has 1 unspecified atom stereocenters. The molecule has 126 valence electrons. The fourth-order valence-electron chi connectivity index (χ4n) is 2.74. The molecule has 1 aromatic rings. The molecule has 0 aliphatic heterocycles. The summed E-state index contributed by atoms with van der Waals surface area (Å²) in [7, 11) is 0. The number of hydrogen-bond donors (Lipinski definition) is 3. The molecular formula is C16H24N4O3.